The number of benzene rings is 1. The molecule has 3 aromatic rings. The van der Waals surface area contributed by atoms with E-state index in [0.29, 0.717) is 5.56 Å². The Morgan fingerprint density at radius 2 is 1.93 bits per heavy atom. The molecule has 0 saturated carbocycles. The Balaban J connectivity index is 2.19. The smallest absolute Gasteiger partial charge is 0.416 e. The number of hydrogen-bond acceptors (Lipinski definition) is 5. The van der Waals surface area contributed by atoms with E-state index in [1.54, 1.807) is 6.92 Å². The molecule has 0 atom stereocenters. The zero-order chi connectivity index (χ0) is 20.6. The summed E-state index contributed by atoms with van der Waals surface area (Å²) >= 11 is 0.874. The molecule has 2 aromatic heterocycles. The highest BCUT2D eigenvalue weighted by Gasteiger charge is 2.31. The van der Waals surface area contributed by atoms with Crippen LogP contribution in [-0.4, -0.2) is 27.0 Å². The zero-order valence-electron chi connectivity index (χ0n) is 14.2. The van der Waals surface area contributed by atoms with Crippen LogP contribution in [0.4, 0.5) is 13.2 Å². The number of nitrogens with two attached hydrogens (primary N) is 1. The molecular formula is C18H12F3N3O3S. The molecule has 3 N–H and O–H groups in total. The van der Waals surface area contributed by atoms with Crippen LogP contribution in [0.1, 0.15) is 32.0 Å². The van der Waals surface area contributed by atoms with Crippen molar-refractivity contribution in [1.29, 1.82) is 0 Å². The Hall–Kier alpha value is -3.27. The second-order valence-corrected chi connectivity index (χ2v) is 6.78. The first-order chi connectivity index (χ1) is 13.1. The van der Waals surface area contributed by atoms with Gasteiger partial charge in [-0.05, 0) is 36.2 Å². The van der Waals surface area contributed by atoms with Crippen molar-refractivity contribution < 1.29 is 27.9 Å². The van der Waals surface area contributed by atoms with E-state index in [1.807, 2.05) is 0 Å². The first-order valence-electron chi connectivity index (χ1n) is 7.77. The average Bonchev–Trinajstić information content (AvgIpc) is 3.06. The van der Waals surface area contributed by atoms with Crippen LogP contribution >= 0.6 is 11.3 Å². The summed E-state index contributed by atoms with van der Waals surface area (Å²) in [6, 6.07) is 5.75. The van der Waals surface area contributed by atoms with Crippen molar-refractivity contribution in [2.45, 2.75) is 13.1 Å². The molecule has 3 rings (SSSR count). The van der Waals surface area contributed by atoms with E-state index in [2.05, 4.69) is 9.97 Å². The van der Waals surface area contributed by atoms with Gasteiger partial charge in [0.15, 0.2) is 5.69 Å². The van der Waals surface area contributed by atoms with Gasteiger partial charge >= 0.3 is 12.1 Å². The van der Waals surface area contributed by atoms with Gasteiger partial charge in [0.05, 0.1) is 10.4 Å². The summed E-state index contributed by atoms with van der Waals surface area (Å²) < 4.78 is 39.0. The molecule has 0 aliphatic heterocycles. The lowest BCUT2D eigenvalue weighted by Gasteiger charge is -2.08. The van der Waals surface area contributed by atoms with Gasteiger partial charge in [-0.2, -0.15) is 13.2 Å². The lowest BCUT2D eigenvalue weighted by Crippen LogP contribution is -2.13. The number of primary amides is 1. The van der Waals surface area contributed by atoms with Crippen molar-refractivity contribution in [2.75, 3.05) is 0 Å². The molecule has 2 heterocycles. The average molecular weight is 407 g/mol. The number of amides is 1. The number of rotatable bonds is 4. The third kappa shape index (κ3) is 3.58. The molecule has 0 saturated heterocycles. The minimum absolute atomic E-state index is 0.0549. The van der Waals surface area contributed by atoms with Crippen molar-refractivity contribution in [1.82, 2.24) is 9.97 Å². The van der Waals surface area contributed by atoms with E-state index >= 15 is 0 Å². The summed E-state index contributed by atoms with van der Waals surface area (Å²) in [7, 11) is 0. The first-order valence-corrected chi connectivity index (χ1v) is 8.58. The van der Waals surface area contributed by atoms with Crippen LogP contribution in [0, 0.1) is 6.92 Å². The maximum atomic E-state index is 13.0. The second-order valence-electron chi connectivity index (χ2n) is 5.78. The molecule has 6 nitrogen and oxygen atoms in total. The Kier molecular flexibility index (Phi) is 4.90. The van der Waals surface area contributed by atoms with Gasteiger partial charge in [0.25, 0.3) is 0 Å². The van der Waals surface area contributed by atoms with Gasteiger partial charge in [0, 0.05) is 11.8 Å². The number of thiazole rings is 1. The Labute approximate surface area is 160 Å². The molecule has 0 unspecified atom stereocenters. The van der Waals surface area contributed by atoms with E-state index < -0.39 is 29.3 Å². The molecule has 0 radical (unpaired) electrons. The topological polar surface area (TPSA) is 106 Å². The van der Waals surface area contributed by atoms with Crippen LogP contribution in [0.15, 0.2) is 36.5 Å². The highest BCUT2D eigenvalue weighted by Crippen LogP contribution is 2.38. The summed E-state index contributed by atoms with van der Waals surface area (Å²) in [6.45, 7) is 1.58. The number of carbonyl (C=O) groups excluding carboxylic acids is 1. The van der Waals surface area contributed by atoms with Crippen LogP contribution in [0.5, 0.6) is 0 Å². The Bertz CT molecular complexity index is 1090. The molecule has 0 fully saturated rings. The molecule has 144 valence electrons. The largest absolute Gasteiger partial charge is 0.476 e. The van der Waals surface area contributed by atoms with Crippen molar-refractivity contribution >= 4 is 23.2 Å². The fourth-order valence-electron chi connectivity index (χ4n) is 2.62. The number of carboxylic acid groups (broad SMARTS) is 1. The number of alkyl halides is 3. The van der Waals surface area contributed by atoms with Crippen molar-refractivity contribution in [2.24, 2.45) is 5.73 Å². The van der Waals surface area contributed by atoms with E-state index in [0.717, 1.165) is 23.5 Å². The number of pyridine rings is 1. The monoisotopic (exact) mass is 407 g/mol. The third-order valence-corrected chi connectivity index (χ3v) is 5.07. The molecular weight excluding hydrogens is 395 g/mol. The lowest BCUT2D eigenvalue weighted by atomic mass is 10.1. The van der Waals surface area contributed by atoms with Gasteiger partial charge in [-0.25, -0.2) is 9.78 Å². The summed E-state index contributed by atoms with van der Waals surface area (Å²) in [6.07, 6.45) is -3.24. The SMILES string of the molecule is Cc1c(C(N)=O)ccnc1-c1nc(C(=O)O)c(-c2cccc(C(F)(F)F)c2)s1. The van der Waals surface area contributed by atoms with Gasteiger partial charge in [0.2, 0.25) is 5.91 Å². The molecule has 0 aliphatic rings. The summed E-state index contributed by atoms with van der Waals surface area (Å²) in [5.41, 5.74) is 4.91. The summed E-state index contributed by atoms with van der Waals surface area (Å²) in [4.78, 5) is 31.3. The van der Waals surface area contributed by atoms with Crippen LogP contribution in [0.25, 0.3) is 21.1 Å². The minimum atomic E-state index is -4.57. The number of carbonyl (C=O) groups is 2. The molecule has 28 heavy (non-hydrogen) atoms. The number of nitrogens with zero attached hydrogens (tertiary/aromatic N) is 2. The molecule has 10 heteroatoms. The number of aromatic nitrogens is 2. The van der Waals surface area contributed by atoms with Crippen molar-refractivity contribution in [3.8, 4) is 21.1 Å². The highest BCUT2D eigenvalue weighted by molar-refractivity contribution is 7.18. The van der Waals surface area contributed by atoms with Crippen LogP contribution in [0.3, 0.4) is 0 Å². The Morgan fingerprint density at radius 3 is 2.54 bits per heavy atom. The number of hydrogen-bond donors (Lipinski definition) is 2. The minimum Gasteiger partial charge on any atom is -0.476 e. The highest BCUT2D eigenvalue weighted by atomic mass is 32.1. The first kappa shape index (κ1) is 19.5. The van der Waals surface area contributed by atoms with Gasteiger partial charge in [-0.15, -0.1) is 11.3 Å². The van der Waals surface area contributed by atoms with Gasteiger partial charge in [-0.1, -0.05) is 12.1 Å². The zero-order valence-corrected chi connectivity index (χ0v) is 15.1. The fraction of sp³-hybridized carbons (Fsp3) is 0.111. The van der Waals surface area contributed by atoms with Crippen molar-refractivity contribution in [3.63, 3.8) is 0 Å². The maximum Gasteiger partial charge on any atom is 0.416 e. The predicted molar refractivity (Wildman–Crippen MR) is 96.0 cm³/mol. The lowest BCUT2D eigenvalue weighted by molar-refractivity contribution is -0.137. The molecule has 0 aliphatic carbocycles. The molecule has 1 amide bonds. The van der Waals surface area contributed by atoms with E-state index in [9.17, 15) is 27.9 Å². The normalized spacial score (nSPS) is 11.4. The van der Waals surface area contributed by atoms with E-state index in [4.69, 9.17) is 5.73 Å². The molecule has 0 bridgehead atoms. The second kappa shape index (κ2) is 7.04. The number of aromatic carboxylic acids is 1. The number of halogens is 3. The van der Waals surface area contributed by atoms with Crippen LogP contribution in [-0.2, 0) is 6.18 Å². The standard InChI is InChI=1S/C18H12F3N3O3S/c1-8-11(15(22)25)5-6-23-12(8)16-24-13(17(26)27)14(28-16)9-3-2-4-10(7-9)18(19,20)21/h2-7H,1H3,(H2,22,25)(H,26,27). The predicted octanol–water partition coefficient (Wildman–Crippen LogP) is 4.00. The van der Waals surface area contributed by atoms with Gasteiger partial charge in [-0.3, -0.25) is 9.78 Å². The van der Waals surface area contributed by atoms with Crippen molar-refractivity contribution in [3.05, 3.63) is 58.9 Å². The van der Waals surface area contributed by atoms with Gasteiger partial charge < -0.3 is 10.8 Å². The number of carboxylic acids is 1. The molecule has 1 aromatic carbocycles. The maximum absolute atomic E-state index is 13.0. The van der Waals surface area contributed by atoms with E-state index in [1.165, 1.54) is 24.4 Å². The summed E-state index contributed by atoms with van der Waals surface area (Å²) in [5, 5.41) is 9.61. The quantitative estimate of drug-likeness (QED) is 0.680. The third-order valence-electron chi connectivity index (χ3n) is 3.95. The van der Waals surface area contributed by atoms with Crippen LogP contribution < -0.4 is 5.73 Å². The van der Waals surface area contributed by atoms with Gasteiger partial charge in [0.1, 0.15) is 10.7 Å². The fourth-order valence-corrected chi connectivity index (χ4v) is 3.72. The Morgan fingerprint density at radius 1 is 1.21 bits per heavy atom. The molecule has 0 spiro atoms. The van der Waals surface area contributed by atoms with E-state index in [-0.39, 0.29) is 26.7 Å². The van der Waals surface area contributed by atoms with Crippen LogP contribution in [0.2, 0.25) is 0 Å². The summed E-state index contributed by atoms with van der Waals surface area (Å²) in [5.74, 6) is -2.08.